The first-order valence-corrected chi connectivity index (χ1v) is 5.78. The van der Waals surface area contributed by atoms with Gasteiger partial charge in [0.25, 0.3) is 0 Å². The van der Waals surface area contributed by atoms with Crippen molar-refractivity contribution in [2.24, 2.45) is 5.92 Å². The lowest BCUT2D eigenvalue weighted by atomic mass is 10.1. The number of aliphatic hydroxyl groups is 1. The van der Waals surface area contributed by atoms with Gasteiger partial charge in [0.2, 0.25) is 0 Å². The van der Waals surface area contributed by atoms with Gasteiger partial charge in [0.1, 0.15) is 5.15 Å². The number of pyridine rings is 1. The van der Waals surface area contributed by atoms with Gasteiger partial charge in [-0.15, -0.1) is 0 Å². The van der Waals surface area contributed by atoms with Gasteiger partial charge in [-0.1, -0.05) is 18.5 Å². The fourth-order valence-corrected chi connectivity index (χ4v) is 1.48. The van der Waals surface area contributed by atoms with Crippen LogP contribution in [-0.4, -0.2) is 23.2 Å². The lowest BCUT2D eigenvalue weighted by Crippen LogP contribution is -2.09. The molecule has 0 aliphatic carbocycles. The normalized spacial score (nSPS) is 12.4. The van der Waals surface area contributed by atoms with Crippen LogP contribution in [0.15, 0.2) is 12.1 Å². The summed E-state index contributed by atoms with van der Waals surface area (Å²) in [5.41, 5.74) is 6.33. The quantitative estimate of drug-likeness (QED) is 0.529. The van der Waals surface area contributed by atoms with Crippen molar-refractivity contribution in [3.05, 3.63) is 17.3 Å². The molecule has 0 fully saturated rings. The SMILES string of the molecule is CC(CO)CCCNc1nc(Cl)ccc1N. The van der Waals surface area contributed by atoms with E-state index in [4.69, 9.17) is 22.4 Å². The summed E-state index contributed by atoms with van der Waals surface area (Å²) in [6, 6.07) is 3.39. The third-order valence-corrected chi connectivity index (χ3v) is 2.58. The molecule has 0 aliphatic rings. The number of nitrogens with zero attached hydrogens (tertiary/aromatic N) is 1. The number of nitrogen functional groups attached to an aromatic ring is 1. The van der Waals surface area contributed by atoms with Crippen LogP contribution < -0.4 is 11.1 Å². The summed E-state index contributed by atoms with van der Waals surface area (Å²) in [4.78, 5) is 4.09. The maximum Gasteiger partial charge on any atom is 0.150 e. The molecule has 1 aromatic heterocycles. The summed E-state index contributed by atoms with van der Waals surface area (Å²) in [6.45, 7) is 3.03. The van der Waals surface area contributed by atoms with Crippen LogP contribution in [0.3, 0.4) is 0 Å². The van der Waals surface area contributed by atoms with E-state index >= 15 is 0 Å². The van der Waals surface area contributed by atoms with Crippen LogP contribution >= 0.6 is 11.6 Å². The average Bonchev–Trinajstić information content (AvgIpc) is 2.28. The van der Waals surface area contributed by atoms with E-state index in [1.807, 2.05) is 6.92 Å². The number of halogens is 1. The molecule has 0 amide bonds. The van der Waals surface area contributed by atoms with Gasteiger partial charge in [-0.3, -0.25) is 0 Å². The fraction of sp³-hybridized carbons (Fsp3) is 0.545. The second-order valence-corrected chi connectivity index (χ2v) is 4.32. The Morgan fingerprint density at radius 3 is 3.00 bits per heavy atom. The monoisotopic (exact) mass is 243 g/mol. The highest BCUT2D eigenvalue weighted by Gasteiger charge is 2.02. The zero-order valence-electron chi connectivity index (χ0n) is 9.41. The van der Waals surface area contributed by atoms with Crippen molar-refractivity contribution in [1.29, 1.82) is 0 Å². The number of aromatic nitrogens is 1. The Kier molecular flexibility index (Phi) is 5.35. The predicted molar refractivity (Wildman–Crippen MR) is 67.6 cm³/mol. The van der Waals surface area contributed by atoms with E-state index in [1.165, 1.54) is 0 Å². The molecule has 90 valence electrons. The Morgan fingerprint density at radius 1 is 1.56 bits per heavy atom. The summed E-state index contributed by atoms with van der Waals surface area (Å²) < 4.78 is 0. The van der Waals surface area contributed by atoms with Crippen LogP contribution in [0, 0.1) is 5.92 Å². The molecule has 0 saturated carbocycles. The molecule has 1 rings (SSSR count). The predicted octanol–water partition coefficient (Wildman–Crippen LogP) is 2.14. The molecule has 16 heavy (non-hydrogen) atoms. The fourth-order valence-electron chi connectivity index (χ4n) is 1.34. The summed E-state index contributed by atoms with van der Waals surface area (Å²) in [7, 11) is 0. The molecule has 4 N–H and O–H groups in total. The van der Waals surface area contributed by atoms with Gasteiger partial charge < -0.3 is 16.2 Å². The first-order valence-electron chi connectivity index (χ1n) is 5.40. The van der Waals surface area contributed by atoms with Crippen molar-refractivity contribution in [3.63, 3.8) is 0 Å². The second kappa shape index (κ2) is 6.55. The number of hydrogen-bond acceptors (Lipinski definition) is 4. The van der Waals surface area contributed by atoms with Crippen LogP contribution in [-0.2, 0) is 0 Å². The minimum Gasteiger partial charge on any atom is -0.396 e. The van der Waals surface area contributed by atoms with E-state index in [1.54, 1.807) is 12.1 Å². The Morgan fingerprint density at radius 2 is 2.31 bits per heavy atom. The zero-order chi connectivity index (χ0) is 12.0. The highest BCUT2D eigenvalue weighted by Crippen LogP contribution is 2.18. The molecule has 1 unspecified atom stereocenters. The first kappa shape index (κ1) is 13.1. The molecule has 0 saturated heterocycles. The molecule has 0 bridgehead atoms. The van der Waals surface area contributed by atoms with Gasteiger partial charge in [0, 0.05) is 13.2 Å². The Bertz CT molecular complexity index is 333. The van der Waals surface area contributed by atoms with Gasteiger partial charge >= 0.3 is 0 Å². The third kappa shape index (κ3) is 4.24. The number of rotatable bonds is 6. The maximum absolute atomic E-state index is 8.86. The molecule has 0 aliphatic heterocycles. The van der Waals surface area contributed by atoms with Gasteiger partial charge in [-0.25, -0.2) is 4.98 Å². The topological polar surface area (TPSA) is 71.2 Å². The van der Waals surface area contributed by atoms with Crippen molar-refractivity contribution in [2.75, 3.05) is 24.2 Å². The molecule has 0 spiro atoms. The van der Waals surface area contributed by atoms with Crippen molar-refractivity contribution in [3.8, 4) is 0 Å². The maximum atomic E-state index is 8.86. The molecule has 1 heterocycles. The Labute approximate surface area is 101 Å². The van der Waals surface area contributed by atoms with Gasteiger partial charge in [0.15, 0.2) is 5.82 Å². The number of anilines is 2. The Balaban J connectivity index is 2.34. The highest BCUT2D eigenvalue weighted by molar-refractivity contribution is 6.29. The Hall–Kier alpha value is -1.00. The minimum atomic E-state index is 0.234. The van der Waals surface area contributed by atoms with Gasteiger partial charge in [-0.05, 0) is 30.9 Å². The number of nitrogens with two attached hydrogens (primary N) is 1. The molecular weight excluding hydrogens is 226 g/mol. The molecule has 4 nitrogen and oxygen atoms in total. The molecule has 5 heteroatoms. The van der Waals surface area contributed by atoms with Crippen LogP contribution in [0.25, 0.3) is 0 Å². The van der Waals surface area contributed by atoms with Crippen molar-refractivity contribution in [2.45, 2.75) is 19.8 Å². The number of hydrogen-bond donors (Lipinski definition) is 3. The lowest BCUT2D eigenvalue weighted by Gasteiger charge is -2.10. The summed E-state index contributed by atoms with van der Waals surface area (Å²) in [6.07, 6.45) is 1.94. The molecular formula is C11H18ClN3O. The van der Waals surface area contributed by atoms with Crippen LogP contribution in [0.1, 0.15) is 19.8 Å². The van der Waals surface area contributed by atoms with Gasteiger partial charge in [0.05, 0.1) is 5.69 Å². The zero-order valence-corrected chi connectivity index (χ0v) is 10.2. The second-order valence-electron chi connectivity index (χ2n) is 3.93. The highest BCUT2D eigenvalue weighted by atomic mass is 35.5. The lowest BCUT2D eigenvalue weighted by molar-refractivity contribution is 0.229. The van der Waals surface area contributed by atoms with Crippen LogP contribution in [0.4, 0.5) is 11.5 Å². The van der Waals surface area contributed by atoms with Crippen LogP contribution in [0.2, 0.25) is 5.15 Å². The smallest absolute Gasteiger partial charge is 0.150 e. The summed E-state index contributed by atoms with van der Waals surface area (Å²) in [5.74, 6) is 0.968. The third-order valence-electron chi connectivity index (χ3n) is 2.37. The summed E-state index contributed by atoms with van der Waals surface area (Å²) >= 11 is 5.76. The first-order chi connectivity index (χ1) is 7.63. The van der Waals surface area contributed by atoms with Crippen LogP contribution in [0.5, 0.6) is 0 Å². The summed E-state index contributed by atoms with van der Waals surface area (Å²) in [5, 5.41) is 12.4. The van der Waals surface area contributed by atoms with Gasteiger partial charge in [-0.2, -0.15) is 0 Å². The van der Waals surface area contributed by atoms with E-state index in [0.29, 0.717) is 22.6 Å². The minimum absolute atomic E-state index is 0.234. The average molecular weight is 244 g/mol. The van der Waals surface area contributed by atoms with E-state index in [2.05, 4.69) is 10.3 Å². The molecule has 0 radical (unpaired) electrons. The number of aliphatic hydroxyl groups excluding tert-OH is 1. The van der Waals surface area contributed by atoms with Crippen molar-refractivity contribution in [1.82, 2.24) is 4.98 Å². The van der Waals surface area contributed by atoms with E-state index in [0.717, 1.165) is 19.4 Å². The molecule has 1 atom stereocenters. The van der Waals surface area contributed by atoms with Crippen molar-refractivity contribution >= 4 is 23.1 Å². The van der Waals surface area contributed by atoms with E-state index < -0.39 is 0 Å². The van der Waals surface area contributed by atoms with E-state index in [-0.39, 0.29) is 6.61 Å². The van der Waals surface area contributed by atoms with E-state index in [9.17, 15) is 0 Å². The number of nitrogens with one attached hydrogen (secondary N) is 1. The largest absolute Gasteiger partial charge is 0.396 e. The standard InChI is InChI=1S/C11H18ClN3O/c1-8(7-16)3-2-6-14-11-9(13)4-5-10(12)15-11/h4-5,8,16H,2-3,6-7,13H2,1H3,(H,14,15). The van der Waals surface area contributed by atoms with Crippen molar-refractivity contribution < 1.29 is 5.11 Å². The molecule has 0 aromatic carbocycles. The molecule has 1 aromatic rings.